The maximum absolute atomic E-state index is 5.16. The monoisotopic (exact) mass is 465 g/mol. The quantitative estimate of drug-likeness (QED) is 0.420. The van der Waals surface area contributed by atoms with E-state index in [1.807, 2.05) is 44.2 Å². The van der Waals surface area contributed by atoms with E-state index in [1.54, 1.807) is 0 Å². The first kappa shape index (κ1) is 18.5. The third-order valence-electron chi connectivity index (χ3n) is 3.64. The first-order valence-corrected chi connectivity index (χ1v) is 9.53. The molecule has 0 aliphatic heterocycles. The highest BCUT2D eigenvalue weighted by molar-refractivity contribution is 14.1. The Balaban J connectivity index is 1.98. The molecule has 0 radical (unpaired) electrons. The molecule has 0 saturated heterocycles. The Labute approximate surface area is 165 Å². The Bertz CT molecular complexity index is 854. The average molecular weight is 465 g/mol. The maximum Gasteiger partial charge on any atom is 0.321 e. The number of rotatable bonds is 7. The summed E-state index contributed by atoms with van der Waals surface area (Å²) in [6.07, 6.45) is 1.27. The van der Waals surface area contributed by atoms with Crippen molar-refractivity contribution in [3.63, 3.8) is 0 Å². The van der Waals surface area contributed by atoms with Crippen LogP contribution < -0.4 is 10.2 Å². The highest BCUT2D eigenvalue weighted by Gasteiger charge is 2.14. The first-order chi connectivity index (χ1) is 12.6. The van der Waals surface area contributed by atoms with E-state index in [2.05, 4.69) is 60.1 Å². The Morgan fingerprint density at radius 1 is 1.15 bits per heavy atom. The number of anilines is 4. The lowest BCUT2D eigenvalue weighted by Gasteiger charge is -2.21. The minimum atomic E-state index is 0.292. The zero-order chi connectivity index (χ0) is 18.5. The summed E-state index contributed by atoms with van der Waals surface area (Å²) in [6, 6.07) is 10.4. The summed E-state index contributed by atoms with van der Waals surface area (Å²) >= 11 is 2.36. The number of alkyl halides is 1. The molecule has 136 valence electrons. The second-order valence-electron chi connectivity index (χ2n) is 5.97. The summed E-state index contributed by atoms with van der Waals surface area (Å²) in [5.41, 5.74) is 3.19. The molecular weight excluding hydrogens is 445 g/mol. The Morgan fingerprint density at radius 3 is 2.65 bits per heavy atom. The standard InChI is InChI=1S/C17H20IN7O/c1-24(2)10-13-8-15(22-17-23-19-11-26-17)21-16(20-13)25(3)14-7-5-4-6-12(14)9-18/h4-8,11H,9-10H2,1-3H3,(H,20,21,22,23). The number of hydrogen-bond donors (Lipinski definition) is 1. The minimum absolute atomic E-state index is 0.292. The number of halogens is 1. The first-order valence-electron chi connectivity index (χ1n) is 8.00. The van der Waals surface area contributed by atoms with Crippen molar-refractivity contribution in [2.24, 2.45) is 0 Å². The van der Waals surface area contributed by atoms with E-state index >= 15 is 0 Å². The summed E-state index contributed by atoms with van der Waals surface area (Å²) in [5.74, 6) is 1.21. The number of hydrogen-bond acceptors (Lipinski definition) is 8. The summed E-state index contributed by atoms with van der Waals surface area (Å²) in [5, 5.41) is 10.6. The number of nitrogens with one attached hydrogen (secondary N) is 1. The van der Waals surface area contributed by atoms with E-state index in [-0.39, 0.29) is 0 Å². The molecule has 3 rings (SSSR count). The van der Waals surface area contributed by atoms with Crippen LogP contribution >= 0.6 is 22.6 Å². The van der Waals surface area contributed by atoms with E-state index in [9.17, 15) is 0 Å². The number of nitrogens with zero attached hydrogens (tertiary/aromatic N) is 6. The van der Waals surface area contributed by atoms with Crippen LogP contribution in [0.4, 0.5) is 23.5 Å². The highest BCUT2D eigenvalue weighted by atomic mass is 127. The van der Waals surface area contributed by atoms with Crippen LogP contribution in [0, 0.1) is 0 Å². The van der Waals surface area contributed by atoms with Crippen LogP contribution in [0.25, 0.3) is 0 Å². The van der Waals surface area contributed by atoms with Crippen LogP contribution in [0.2, 0.25) is 0 Å². The van der Waals surface area contributed by atoms with Gasteiger partial charge in [-0.1, -0.05) is 45.9 Å². The van der Waals surface area contributed by atoms with Gasteiger partial charge in [0.2, 0.25) is 12.3 Å². The Morgan fingerprint density at radius 2 is 1.96 bits per heavy atom. The average Bonchev–Trinajstić information content (AvgIpc) is 3.13. The third kappa shape index (κ3) is 4.47. The molecule has 0 spiro atoms. The molecule has 0 saturated carbocycles. The van der Waals surface area contributed by atoms with Gasteiger partial charge in [-0.05, 0) is 25.7 Å². The van der Waals surface area contributed by atoms with Crippen LogP contribution in [0.1, 0.15) is 11.3 Å². The summed E-state index contributed by atoms with van der Waals surface area (Å²) in [6.45, 7) is 0.690. The SMILES string of the molecule is CN(C)Cc1cc(Nc2nnco2)nc(N(C)c2ccccc2CI)n1. The lowest BCUT2D eigenvalue weighted by molar-refractivity contribution is 0.397. The zero-order valence-electron chi connectivity index (χ0n) is 14.8. The van der Waals surface area contributed by atoms with Gasteiger partial charge in [-0.3, -0.25) is 5.32 Å². The van der Waals surface area contributed by atoms with Gasteiger partial charge in [0.05, 0.1) is 5.69 Å². The van der Waals surface area contributed by atoms with E-state index in [1.165, 1.54) is 12.0 Å². The number of para-hydroxylation sites is 1. The summed E-state index contributed by atoms with van der Waals surface area (Å²) < 4.78 is 6.07. The molecule has 1 N–H and O–H groups in total. The van der Waals surface area contributed by atoms with E-state index in [0.717, 1.165) is 15.8 Å². The normalized spacial score (nSPS) is 11.0. The van der Waals surface area contributed by atoms with Crippen molar-refractivity contribution in [1.29, 1.82) is 0 Å². The topological polar surface area (TPSA) is 83.2 Å². The van der Waals surface area contributed by atoms with Gasteiger partial charge in [0.15, 0.2) is 0 Å². The van der Waals surface area contributed by atoms with Crippen LogP contribution in [0.3, 0.4) is 0 Å². The fourth-order valence-corrected chi connectivity index (χ4v) is 3.14. The van der Waals surface area contributed by atoms with E-state index < -0.39 is 0 Å². The molecule has 26 heavy (non-hydrogen) atoms. The second-order valence-corrected chi connectivity index (χ2v) is 6.74. The van der Waals surface area contributed by atoms with Gasteiger partial charge in [-0.2, -0.15) is 4.98 Å². The van der Waals surface area contributed by atoms with Crippen molar-refractivity contribution >= 4 is 46.1 Å². The molecule has 0 unspecified atom stereocenters. The van der Waals surface area contributed by atoms with Crippen molar-refractivity contribution in [1.82, 2.24) is 25.1 Å². The van der Waals surface area contributed by atoms with Crippen LogP contribution in [-0.4, -0.2) is 46.2 Å². The summed E-state index contributed by atoms with van der Waals surface area (Å²) in [4.78, 5) is 13.4. The van der Waals surface area contributed by atoms with Crippen molar-refractivity contribution in [3.8, 4) is 0 Å². The number of benzene rings is 1. The van der Waals surface area contributed by atoms with Crippen molar-refractivity contribution in [2.75, 3.05) is 31.4 Å². The van der Waals surface area contributed by atoms with Gasteiger partial charge in [-0.15, -0.1) is 5.10 Å². The van der Waals surface area contributed by atoms with Gasteiger partial charge in [-0.25, -0.2) is 4.98 Å². The largest absolute Gasteiger partial charge is 0.411 e. The smallest absolute Gasteiger partial charge is 0.321 e. The van der Waals surface area contributed by atoms with Gasteiger partial charge in [0, 0.05) is 29.8 Å². The van der Waals surface area contributed by atoms with E-state index in [0.29, 0.717) is 24.3 Å². The number of aromatic nitrogens is 4. The van der Waals surface area contributed by atoms with Crippen molar-refractivity contribution < 1.29 is 4.42 Å². The molecule has 0 fully saturated rings. The van der Waals surface area contributed by atoms with E-state index in [4.69, 9.17) is 9.40 Å². The van der Waals surface area contributed by atoms with Gasteiger partial charge in [0.25, 0.3) is 0 Å². The predicted molar refractivity (Wildman–Crippen MR) is 109 cm³/mol. The highest BCUT2D eigenvalue weighted by Crippen LogP contribution is 2.28. The maximum atomic E-state index is 5.16. The van der Waals surface area contributed by atoms with Gasteiger partial charge in [0.1, 0.15) is 5.82 Å². The Kier molecular flexibility index (Phi) is 5.99. The molecular formula is C17H20IN7O. The van der Waals surface area contributed by atoms with Gasteiger partial charge >= 0.3 is 6.01 Å². The molecule has 0 atom stereocenters. The molecule has 9 heteroatoms. The summed E-state index contributed by atoms with van der Waals surface area (Å²) in [7, 11) is 5.97. The third-order valence-corrected chi connectivity index (χ3v) is 4.46. The molecule has 0 amide bonds. The van der Waals surface area contributed by atoms with Crippen molar-refractivity contribution in [2.45, 2.75) is 11.0 Å². The van der Waals surface area contributed by atoms with Crippen molar-refractivity contribution in [3.05, 3.63) is 48.0 Å². The Hall–Kier alpha value is -2.27. The van der Waals surface area contributed by atoms with Crippen LogP contribution in [-0.2, 0) is 11.0 Å². The van der Waals surface area contributed by atoms with Crippen LogP contribution in [0.5, 0.6) is 0 Å². The lowest BCUT2D eigenvalue weighted by atomic mass is 10.2. The second kappa shape index (κ2) is 8.41. The molecule has 1 aromatic carbocycles. The zero-order valence-corrected chi connectivity index (χ0v) is 17.0. The molecule has 8 nitrogen and oxygen atoms in total. The molecule has 2 heterocycles. The lowest BCUT2D eigenvalue weighted by Crippen LogP contribution is -2.18. The fourth-order valence-electron chi connectivity index (χ4n) is 2.50. The molecule has 0 aliphatic carbocycles. The molecule has 0 bridgehead atoms. The minimum Gasteiger partial charge on any atom is -0.411 e. The fraction of sp³-hybridized carbons (Fsp3) is 0.294. The molecule has 2 aromatic heterocycles. The molecule has 3 aromatic rings. The predicted octanol–water partition coefficient (Wildman–Crippen LogP) is 3.37. The van der Waals surface area contributed by atoms with Crippen LogP contribution in [0.15, 0.2) is 41.1 Å². The van der Waals surface area contributed by atoms with Gasteiger partial charge < -0.3 is 14.2 Å². The molecule has 0 aliphatic rings.